The van der Waals surface area contributed by atoms with E-state index in [1.807, 2.05) is 36.4 Å². The molecule has 0 aliphatic carbocycles. The van der Waals surface area contributed by atoms with Crippen LogP contribution in [0.5, 0.6) is 0 Å². The molecule has 4 rings (SSSR count). The van der Waals surface area contributed by atoms with Crippen molar-refractivity contribution in [1.29, 1.82) is 0 Å². The monoisotopic (exact) mass is 437 g/mol. The van der Waals surface area contributed by atoms with E-state index >= 15 is 0 Å². The van der Waals surface area contributed by atoms with Crippen molar-refractivity contribution in [1.82, 2.24) is 5.32 Å². The van der Waals surface area contributed by atoms with E-state index in [0.717, 1.165) is 10.8 Å². The summed E-state index contributed by atoms with van der Waals surface area (Å²) in [6.07, 6.45) is 1.47. The van der Waals surface area contributed by atoms with E-state index in [4.69, 9.17) is 0 Å². The van der Waals surface area contributed by atoms with Crippen LogP contribution in [-0.4, -0.2) is 16.7 Å². The molecule has 0 saturated heterocycles. The summed E-state index contributed by atoms with van der Waals surface area (Å²) in [5.74, 6) is -0.967. The first-order chi connectivity index (χ1) is 16.0. The van der Waals surface area contributed by atoms with Crippen molar-refractivity contribution in [3.63, 3.8) is 0 Å². The number of carbonyl (C=O) groups is 2. The van der Waals surface area contributed by atoms with Gasteiger partial charge in [0.2, 0.25) is 0 Å². The molecule has 2 N–H and O–H groups in total. The molecule has 0 fully saturated rings. The number of amides is 2. The van der Waals surface area contributed by atoms with Crippen molar-refractivity contribution in [2.24, 2.45) is 0 Å². The Bertz CT molecular complexity index is 1360. The molecule has 0 saturated carbocycles. The normalized spacial score (nSPS) is 11.1. The molecule has 0 aromatic heterocycles. The van der Waals surface area contributed by atoms with Gasteiger partial charge in [-0.3, -0.25) is 19.7 Å². The number of hydrogen-bond acceptors (Lipinski definition) is 4. The van der Waals surface area contributed by atoms with Crippen LogP contribution in [0.15, 0.2) is 103 Å². The molecule has 0 atom stereocenters. The fourth-order valence-electron chi connectivity index (χ4n) is 3.27. The third kappa shape index (κ3) is 5.29. The van der Waals surface area contributed by atoms with E-state index in [9.17, 15) is 19.7 Å². The Labute approximate surface area is 189 Å². The standard InChI is InChI=1S/C26H19N3O4/c30-25(20-7-2-1-3-8-20)28-24(16-18-10-14-23(15-11-18)29(32)33)26(31)27-22-13-12-19-6-4-5-9-21(19)17-22/h1-17H,(H,27,31)(H,28,30)/b24-16+. The van der Waals surface area contributed by atoms with Crippen LogP contribution in [0.1, 0.15) is 15.9 Å². The summed E-state index contributed by atoms with van der Waals surface area (Å²) >= 11 is 0. The number of nitrogens with zero attached hydrogens (tertiary/aromatic N) is 1. The second-order valence-electron chi connectivity index (χ2n) is 7.24. The number of non-ortho nitro benzene ring substituents is 1. The summed E-state index contributed by atoms with van der Waals surface area (Å²) in [6.45, 7) is 0. The second-order valence-corrected chi connectivity index (χ2v) is 7.24. The first-order valence-corrected chi connectivity index (χ1v) is 10.1. The Morgan fingerprint density at radius 3 is 2.15 bits per heavy atom. The smallest absolute Gasteiger partial charge is 0.272 e. The van der Waals surface area contributed by atoms with E-state index in [-0.39, 0.29) is 11.4 Å². The molecule has 0 bridgehead atoms. The maximum atomic E-state index is 13.1. The minimum atomic E-state index is -0.520. The van der Waals surface area contributed by atoms with Crippen molar-refractivity contribution < 1.29 is 14.5 Å². The number of rotatable bonds is 6. The first-order valence-electron chi connectivity index (χ1n) is 10.1. The highest BCUT2D eigenvalue weighted by molar-refractivity contribution is 6.11. The van der Waals surface area contributed by atoms with Crippen LogP contribution in [0.2, 0.25) is 0 Å². The summed E-state index contributed by atoms with van der Waals surface area (Å²) in [4.78, 5) is 36.2. The molecule has 0 aliphatic rings. The largest absolute Gasteiger partial charge is 0.321 e. The Kier molecular flexibility index (Phi) is 6.22. The molecular formula is C26H19N3O4. The summed E-state index contributed by atoms with van der Waals surface area (Å²) in [6, 6.07) is 27.5. The molecule has 7 nitrogen and oxygen atoms in total. The second kappa shape index (κ2) is 9.57. The fraction of sp³-hybridized carbons (Fsp3) is 0. The Morgan fingerprint density at radius 1 is 0.788 bits per heavy atom. The number of nitrogens with one attached hydrogen (secondary N) is 2. The molecule has 0 heterocycles. The van der Waals surface area contributed by atoms with Gasteiger partial charge < -0.3 is 10.6 Å². The van der Waals surface area contributed by atoms with E-state index in [2.05, 4.69) is 10.6 Å². The summed E-state index contributed by atoms with van der Waals surface area (Å²) in [5, 5.41) is 18.4. The van der Waals surface area contributed by atoms with Crippen molar-refractivity contribution in [2.45, 2.75) is 0 Å². The number of carbonyl (C=O) groups excluding carboxylic acids is 2. The van der Waals surface area contributed by atoms with Gasteiger partial charge in [-0.25, -0.2) is 0 Å². The van der Waals surface area contributed by atoms with Crippen LogP contribution in [0.25, 0.3) is 16.8 Å². The minimum absolute atomic E-state index is 0.00543. The Hall–Kier alpha value is -4.78. The summed E-state index contributed by atoms with van der Waals surface area (Å²) < 4.78 is 0. The van der Waals surface area contributed by atoms with E-state index in [1.165, 1.54) is 30.3 Å². The lowest BCUT2D eigenvalue weighted by molar-refractivity contribution is -0.384. The van der Waals surface area contributed by atoms with Gasteiger partial charge in [-0.2, -0.15) is 0 Å². The highest BCUT2D eigenvalue weighted by Gasteiger charge is 2.15. The Balaban J connectivity index is 1.63. The molecule has 0 radical (unpaired) electrons. The lowest BCUT2D eigenvalue weighted by Gasteiger charge is -2.12. The molecule has 4 aromatic rings. The number of nitro groups is 1. The minimum Gasteiger partial charge on any atom is -0.321 e. The number of nitro benzene ring substituents is 1. The lowest BCUT2D eigenvalue weighted by Crippen LogP contribution is -2.30. The van der Waals surface area contributed by atoms with Crippen molar-refractivity contribution >= 4 is 40.0 Å². The average Bonchev–Trinajstić information content (AvgIpc) is 2.84. The van der Waals surface area contributed by atoms with Gasteiger partial charge in [-0.1, -0.05) is 48.5 Å². The zero-order valence-corrected chi connectivity index (χ0v) is 17.4. The van der Waals surface area contributed by atoms with Crippen LogP contribution in [0.3, 0.4) is 0 Å². The number of fused-ring (bicyclic) bond motifs is 1. The van der Waals surface area contributed by atoms with Crippen LogP contribution in [-0.2, 0) is 4.79 Å². The number of hydrogen-bond donors (Lipinski definition) is 2. The van der Waals surface area contributed by atoms with Crippen LogP contribution < -0.4 is 10.6 Å². The quantitative estimate of drug-likeness (QED) is 0.247. The third-order valence-corrected chi connectivity index (χ3v) is 4.95. The van der Waals surface area contributed by atoms with Crippen molar-refractivity contribution in [3.8, 4) is 0 Å². The average molecular weight is 437 g/mol. The van der Waals surface area contributed by atoms with Crippen LogP contribution in [0.4, 0.5) is 11.4 Å². The van der Waals surface area contributed by atoms with Crippen molar-refractivity contribution in [2.75, 3.05) is 5.32 Å². The molecular weight excluding hydrogens is 418 g/mol. The van der Waals surface area contributed by atoms with Crippen LogP contribution in [0, 0.1) is 10.1 Å². The molecule has 0 spiro atoms. The third-order valence-electron chi connectivity index (χ3n) is 4.95. The predicted octanol–water partition coefficient (Wildman–Crippen LogP) is 5.16. The highest BCUT2D eigenvalue weighted by Crippen LogP contribution is 2.20. The van der Waals surface area contributed by atoms with E-state index in [0.29, 0.717) is 16.8 Å². The van der Waals surface area contributed by atoms with Gasteiger partial charge in [0.25, 0.3) is 17.5 Å². The summed E-state index contributed by atoms with van der Waals surface area (Å²) in [7, 11) is 0. The molecule has 2 amide bonds. The molecule has 0 unspecified atom stereocenters. The van der Waals surface area contributed by atoms with Gasteiger partial charge in [-0.15, -0.1) is 0 Å². The van der Waals surface area contributed by atoms with Gasteiger partial charge in [0, 0.05) is 23.4 Å². The highest BCUT2D eigenvalue weighted by atomic mass is 16.6. The van der Waals surface area contributed by atoms with E-state index in [1.54, 1.807) is 36.4 Å². The number of benzene rings is 4. The van der Waals surface area contributed by atoms with Gasteiger partial charge >= 0.3 is 0 Å². The van der Waals surface area contributed by atoms with Gasteiger partial charge in [0.05, 0.1) is 4.92 Å². The Morgan fingerprint density at radius 2 is 1.45 bits per heavy atom. The zero-order chi connectivity index (χ0) is 23.2. The first kappa shape index (κ1) is 21.5. The SMILES string of the molecule is O=C(Nc1ccc2ccccc2c1)/C(=C\c1ccc([N+](=O)[O-])cc1)NC(=O)c1ccccc1. The van der Waals surface area contributed by atoms with Gasteiger partial charge in [0.1, 0.15) is 5.70 Å². The van der Waals surface area contributed by atoms with Gasteiger partial charge in [-0.05, 0) is 58.8 Å². The van der Waals surface area contributed by atoms with Gasteiger partial charge in [0.15, 0.2) is 0 Å². The molecule has 7 heteroatoms. The van der Waals surface area contributed by atoms with Crippen molar-refractivity contribution in [3.05, 3.63) is 124 Å². The topological polar surface area (TPSA) is 101 Å². The van der Waals surface area contributed by atoms with Crippen LogP contribution >= 0.6 is 0 Å². The van der Waals surface area contributed by atoms with E-state index < -0.39 is 16.7 Å². The number of anilines is 1. The molecule has 33 heavy (non-hydrogen) atoms. The summed E-state index contributed by atoms with van der Waals surface area (Å²) in [5.41, 5.74) is 1.43. The molecule has 162 valence electrons. The maximum Gasteiger partial charge on any atom is 0.272 e. The zero-order valence-electron chi connectivity index (χ0n) is 17.4. The fourth-order valence-corrected chi connectivity index (χ4v) is 3.27. The lowest BCUT2D eigenvalue weighted by atomic mass is 10.1. The molecule has 4 aromatic carbocycles. The predicted molar refractivity (Wildman–Crippen MR) is 128 cm³/mol. The molecule has 0 aliphatic heterocycles. The maximum absolute atomic E-state index is 13.1.